The van der Waals surface area contributed by atoms with Crippen LogP contribution in [0.3, 0.4) is 0 Å². The van der Waals surface area contributed by atoms with E-state index in [4.69, 9.17) is 14.2 Å². The predicted octanol–water partition coefficient (Wildman–Crippen LogP) is 4.32. The maximum Gasteiger partial charge on any atom is 0.424 e. The van der Waals surface area contributed by atoms with E-state index in [0.29, 0.717) is 10.5 Å². The predicted molar refractivity (Wildman–Crippen MR) is 106 cm³/mol. The summed E-state index contributed by atoms with van der Waals surface area (Å²) in [5.74, 6) is -1.06. The van der Waals surface area contributed by atoms with E-state index < -0.39 is 40.0 Å². The molecule has 1 aromatic rings. The zero-order chi connectivity index (χ0) is 23.3. The second-order valence-electron chi connectivity index (χ2n) is 8.24. The maximum atomic E-state index is 12.5. The molecular formula is C20H26N2O8. The van der Waals surface area contributed by atoms with Gasteiger partial charge in [-0.05, 0) is 59.2 Å². The summed E-state index contributed by atoms with van der Waals surface area (Å²) in [7, 11) is 0. The Morgan fingerprint density at radius 2 is 1.40 bits per heavy atom. The molecule has 0 bridgehead atoms. The maximum absolute atomic E-state index is 12.5. The lowest BCUT2D eigenvalue weighted by Crippen LogP contribution is -2.44. The van der Waals surface area contributed by atoms with Crippen LogP contribution in [-0.4, -0.2) is 39.2 Å². The Morgan fingerprint density at radius 1 is 0.967 bits per heavy atom. The number of nitro benzene ring substituents is 1. The number of non-ortho nitro benzene ring substituents is 1. The number of hydrogen-bond acceptors (Lipinski definition) is 8. The number of amides is 2. The number of nitro groups is 1. The monoisotopic (exact) mass is 422 g/mol. The molecular weight excluding hydrogens is 396 g/mol. The van der Waals surface area contributed by atoms with Crippen LogP contribution in [0.15, 0.2) is 36.5 Å². The van der Waals surface area contributed by atoms with Gasteiger partial charge < -0.3 is 14.2 Å². The van der Waals surface area contributed by atoms with Crippen molar-refractivity contribution in [2.75, 3.05) is 0 Å². The van der Waals surface area contributed by atoms with E-state index in [9.17, 15) is 24.5 Å². The third-order valence-electron chi connectivity index (χ3n) is 3.17. The van der Waals surface area contributed by atoms with Crippen molar-refractivity contribution in [3.8, 4) is 0 Å². The number of hydrogen-bond donors (Lipinski definition) is 0. The Morgan fingerprint density at radius 3 is 1.77 bits per heavy atom. The first kappa shape index (κ1) is 24.6. The van der Waals surface area contributed by atoms with E-state index in [1.165, 1.54) is 24.3 Å². The van der Waals surface area contributed by atoms with Gasteiger partial charge >= 0.3 is 18.2 Å². The summed E-state index contributed by atoms with van der Waals surface area (Å²) in [6.07, 6.45) is -2.29. The number of benzene rings is 1. The van der Waals surface area contributed by atoms with E-state index >= 15 is 0 Å². The standard InChI is InChI=1S/C20H26N2O8/c1-13(16(23)28-12-14-8-10-15(11-9-14)22(26)27)21(17(24)29-19(2,3)4)18(25)30-20(5,6)7/h8-11H,1,12H2,2-7H3. The third-order valence-corrected chi connectivity index (χ3v) is 3.17. The highest BCUT2D eigenvalue weighted by Gasteiger charge is 2.36. The summed E-state index contributed by atoms with van der Waals surface area (Å²) in [5, 5.41) is 10.7. The molecule has 0 aliphatic rings. The van der Waals surface area contributed by atoms with Gasteiger partial charge in [-0.2, -0.15) is 4.90 Å². The molecule has 2 amide bonds. The van der Waals surface area contributed by atoms with Gasteiger partial charge in [-0.1, -0.05) is 6.58 Å². The molecule has 164 valence electrons. The first-order valence-electron chi connectivity index (χ1n) is 8.96. The number of nitrogens with zero attached hydrogens (tertiary/aromatic N) is 2. The minimum absolute atomic E-state index is 0.115. The minimum atomic E-state index is -1.14. The molecule has 0 N–H and O–H groups in total. The second kappa shape index (κ2) is 9.38. The molecule has 0 unspecified atom stereocenters. The number of carbonyl (C=O) groups excluding carboxylic acids is 3. The van der Waals surface area contributed by atoms with Crippen LogP contribution in [0, 0.1) is 10.1 Å². The first-order valence-corrected chi connectivity index (χ1v) is 8.96. The van der Waals surface area contributed by atoms with Crippen LogP contribution in [-0.2, 0) is 25.6 Å². The fourth-order valence-corrected chi connectivity index (χ4v) is 1.95. The minimum Gasteiger partial charge on any atom is -0.456 e. The quantitative estimate of drug-likeness (QED) is 0.226. The van der Waals surface area contributed by atoms with Crippen molar-refractivity contribution < 1.29 is 33.5 Å². The van der Waals surface area contributed by atoms with Crippen molar-refractivity contribution in [1.82, 2.24) is 4.90 Å². The molecule has 0 spiro atoms. The Bertz CT molecular complexity index is 804. The Hall–Kier alpha value is -3.43. The lowest BCUT2D eigenvalue weighted by Gasteiger charge is -2.28. The van der Waals surface area contributed by atoms with Crippen LogP contribution in [0.2, 0.25) is 0 Å². The summed E-state index contributed by atoms with van der Waals surface area (Å²) < 4.78 is 15.4. The van der Waals surface area contributed by atoms with Gasteiger partial charge in [-0.3, -0.25) is 10.1 Å². The van der Waals surface area contributed by atoms with Crippen molar-refractivity contribution in [2.24, 2.45) is 0 Å². The van der Waals surface area contributed by atoms with E-state index in [-0.39, 0.29) is 12.3 Å². The molecule has 0 heterocycles. The van der Waals surface area contributed by atoms with E-state index in [1.807, 2.05) is 0 Å². The molecule has 30 heavy (non-hydrogen) atoms. The topological polar surface area (TPSA) is 125 Å². The van der Waals surface area contributed by atoms with Crippen molar-refractivity contribution in [3.05, 3.63) is 52.2 Å². The zero-order valence-electron chi connectivity index (χ0n) is 17.9. The fourth-order valence-electron chi connectivity index (χ4n) is 1.95. The van der Waals surface area contributed by atoms with Gasteiger partial charge in [0.25, 0.3) is 5.69 Å². The molecule has 0 aromatic heterocycles. The molecule has 0 fully saturated rings. The van der Waals surface area contributed by atoms with Crippen molar-refractivity contribution in [2.45, 2.75) is 59.4 Å². The SMILES string of the molecule is C=C(C(=O)OCc1ccc([N+](=O)[O-])cc1)N(C(=O)OC(C)(C)C)C(=O)OC(C)(C)C. The largest absolute Gasteiger partial charge is 0.456 e. The van der Waals surface area contributed by atoms with Crippen LogP contribution in [0.5, 0.6) is 0 Å². The number of carbonyl (C=O) groups is 3. The first-order chi connectivity index (χ1) is 13.6. The van der Waals surface area contributed by atoms with Crippen LogP contribution < -0.4 is 0 Å². The van der Waals surface area contributed by atoms with Crippen molar-refractivity contribution in [3.63, 3.8) is 0 Å². The van der Waals surface area contributed by atoms with Gasteiger partial charge in [0.1, 0.15) is 23.5 Å². The van der Waals surface area contributed by atoms with Gasteiger partial charge in [-0.25, -0.2) is 14.4 Å². The van der Waals surface area contributed by atoms with E-state index in [0.717, 1.165) is 0 Å². The van der Waals surface area contributed by atoms with Gasteiger partial charge in [0.15, 0.2) is 0 Å². The van der Waals surface area contributed by atoms with Crippen LogP contribution >= 0.6 is 0 Å². The number of imide groups is 1. The molecule has 10 heteroatoms. The smallest absolute Gasteiger partial charge is 0.424 e. The van der Waals surface area contributed by atoms with E-state index in [1.54, 1.807) is 41.5 Å². The summed E-state index contributed by atoms with van der Waals surface area (Å²) in [4.78, 5) is 47.8. The number of esters is 1. The Balaban J connectivity index is 2.95. The summed E-state index contributed by atoms with van der Waals surface area (Å²) in [6, 6.07) is 5.33. The average Bonchev–Trinajstić information content (AvgIpc) is 2.56. The second-order valence-corrected chi connectivity index (χ2v) is 8.24. The lowest BCUT2D eigenvalue weighted by molar-refractivity contribution is -0.384. The van der Waals surface area contributed by atoms with Crippen LogP contribution in [0.4, 0.5) is 15.3 Å². The van der Waals surface area contributed by atoms with Gasteiger partial charge in [-0.15, -0.1) is 0 Å². The lowest BCUT2D eigenvalue weighted by atomic mass is 10.2. The van der Waals surface area contributed by atoms with Gasteiger partial charge in [0, 0.05) is 12.1 Å². The Labute approximate surface area is 174 Å². The third kappa shape index (κ3) is 7.90. The average molecular weight is 422 g/mol. The van der Waals surface area contributed by atoms with Crippen molar-refractivity contribution >= 4 is 23.8 Å². The number of rotatable bonds is 5. The van der Waals surface area contributed by atoms with Gasteiger partial charge in [0.2, 0.25) is 0 Å². The molecule has 1 aromatic carbocycles. The molecule has 0 aliphatic heterocycles. The molecule has 0 saturated carbocycles. The van der Waals surface area contributed by atoms with Crippen molar-refractivity contribution in [1.29, 1.82) is 0 Å². The molecule has 0 atom stereocenters. The molecule has 0 saturated heterocycles. The molecule has 1 rings (SSSR count). The van der Waals surface area contributed by atoms with E-state index in [2.05, 4.69) is 6.58 Å². The normalized spacial score (nSPS) is 11.3. The molecule has 10 nitrogen and oxygen atoms in total. The number of ether oxygens (including phenoxy) is 3. The summed E-state index contributed by atoms with van der Waals surface area (Å²) in [5.41, 5.74) is -2.14. The highest BCUT2D eigenvalue weighted by atomic mass is 16.6. The molecule has 0 radical (unpaired) electrons. The summed E-state index contributed by atoms with van der Waals surface area (Å²) in [6.45, 7) is 12.8. The Kier molecular flexibility index (Phi) is 7.69. The zero-order valence-corrected chi connectivity index (χ0v) is 17.9. The molecule has 0 aliphatic carbocycles. The fraction of sp³-hybridized carbons (Fsp3) is 0.450. The highest BCUT2D eigenvalue weighted by molar-refractivity contribution is 6.00. The van der Waals surface area contributed by atoms with Crippen LogP contribution in [0.1, 0.15) is 47.1 Å². The highest BCUT2D eigenvalue weighted by Crippen LogP contribution is 2.19. The van der Waals surface area contributed by atoms with Gasteiger partial charge in [0.05, 0.1) is 4.92 Å². The summed E-state index contributed by atoms with van der Waals surface area (Å²) >= 11 is 0. The van der Waals surface area contributed by atoms with Crippen LogP contribution in [0.25, 0.3) is 0 Å².